The average Bonchev–Trinajstić information content (AvgIpc) is 2.61. The topological polar surface area (TPSA) is 49.3 Å². The molecule has 6 heteroatoms. The maximum absolute atomic E-state index is 12.7. The highest BCUT2D eigenvalue weighted by molar-refractivity contribution is 9.10. The van der Waals surface area contributed by atoms with Crippen LogP contribution < -0.4 is 4.90 Å². The summed E-state index contributed by atoms with van der Waals surface area (Å²) in [7, 11) is 0. The van der Waals surface area contributed by atoms with Crippen LogP contribution in [0, 0.1) is 13.8 Å². The number of nitrogens with zero attached hydrogens (tertiary/aromatic N) is 4. The predicted octanol–water partition coefficient (Wildman–Crippen LogP) is 3.94. The second-order valence-electron chi connectivity index (χ2n) is 7.03. The third-order valence-corrected chi connectivity index (χ3v) is 5.29. The zero-order valence-corrected chi connectivity index (χ0v) is 17.4. The Morgan fingerprint density at radius 2 is 1.65 bits per heavy atom. The minimum Gasteiger partial charge on any atom is -0.353 e. The lowest BCUT2D eigenvalue weighted by Crippen LogP contribution is -2.49. The molecule has 0 atom stereocenters. The summed E-state index contributed by atoms with van der Waals surface area (Å²) in [5.74, 6) is 2.29. The number of amides is 1. The van der Waals surface area contributed by atoms with E-state index in [0.717, 1.165) is 40.5 Å². The highest BCUT2D eigenvalue weighted by atomic mass is 79.9. The quantitative estimate of drug-likeness (QED) is 0.759. The number of carbonyl (C=O) groups excluding carboxylic acids is 1. The number of anilines is 1. The summed E-state index contributed by atoms with van der Waals surface area (Å²) in [6.45, 7) is 11.3. The Hall–Kier alpha value is -1.95. The average molecular weight is 417 g/mol. The van der Waals surface area contributed by atoms with Crippen molar-refractivity contribution >= 4 is 27.7 Å². The van der Waals surface area contributed by atoms with Crippen LogP contribution in [0.4, 0.5) is 5.82 Å². The summed E-state index contributed by atoms with van der Waals surface area (Å²) < 4.78 is 0.981. The monoisotopic (exact) mass is 416 g/mol. The third-order valence-electron chi connectivity index (χ3n) is 4.76. The SMILES string of the molecule is Cc1nc(C)c(C(C)C)c(N2CCN(C(=O)c3ccc(Br)cc3)CC2)n1. The fourth-order valence-corrected chi connectivity index (χ4v) is 3.78. The van der Waals surface area contributed by atoms with Gasteiger partial charge in [0, 0.05) is 47.5 Å². The van der Waals surface area contributed by atoms with Crippen molar-refractivity contribution < 1.29 is 4.79 Å². The number of benzene rings is 1. The van der Waals surface area contributed by atoms with Gasteiger partial charge in [-0.2, -0.15) is 0 Å². The zero-order valence-electron chi connectivity index (χ0n) is 15.8. The van der Waals surface area contributed by atoms with Crippen LogP contribution in [0.15, 0.2) is 28.7 Å². The molecule has 1 aliphatic rings. The van der Waals surface area contributed by atoms with Crippen LogP contribution in [0.5, 0.6) is 0 Å². The van der Waals surface area contributed by atoms with E-state index in [1.54, 1.807) is 0 Å². The molecule has 1 amide bonds. The fraction of sp³-hybridized carbons (Fsp3) is 0.450. The number of aryl methyl sites for hydroxylation is 2. The smallest absolute Gasteiger partial charge is 0.253 e. The summed E-state index contributed by atoms with van der Waals surface area (Å²) in [5, 5.41) is 0. The molecule has 1 fully saturated rings. The molecule has 1 aliphatic heterocycles. The van der Waals surface area contributed by atoms with E-state index in [9.17, 15) is 4.79 Å². The molecule has 138 valence electrons. The second-order valence-corrected chi connectivity index (χ2v) is 7.95. The molecule has 0 radical (unpaired) electrons. The third kappa shape index (κ3) is 3.90. The van der Waals surface area contributed by atoms with E-state index in [4.69, 9.17) is 4.98 Å². The van der Waals surface area contributed by atoms with Gasteiger partial charge in [-0.05, 0) is 44.0 Å². The number of carbonyl (C=O) groups is 1. The van der Waals surface area contributed by atoms with E-state index in [2.05, 4.69) is 46.6 Å². The first-order valence-electron chi connectivity index (χ1n) is 9.01. The first-order valence-corrected chi connectivity index (χ1v) is 9.81. The minimum atomic E-state index is 0.0938. The van der Waals surface area contributed by atoms with Crippen molar-refractivity contribution in [1.82, 2.24) is 14.9 Å². The summed E-state index contributed by atoms with van der Waals surface area (Å²) in [4.78, 5) is 26.2. The maximum atomic E-state index is 12.7. The van der Waals surface area contributed by atoms with E-state index in [0.29, 0.717) is 19.0 Å². The van der Waals surface area contributed by atoms with Crippen LogP contribution in [0.2, 0.25) is 0 Å². The van der Waals surface area contributed by atoms with Crippen molar-refractivity contribution in [1.29, 1.82) is 0 Å². The standard InChI is InChI=1S/C20H25BrN4O/c1-13(2)18-14(3)22-15(4)23-19(18)24-9-11-25(12-10-24)20(26)16-5-7-17(21)8-6-16/h5-8,13H,9-12H2,1-4H3. The number of aromatic nitrogens is 2. The number of hydrogen-bond donors (Lipinski definition) is 0. The van der Waals surface area contributed by atoms with Gasteiger partial charge in [-0.25, -0.2) is 9.97 Å². The van der Waals surface area contributed by atoms with Gasteiger partial charge in [0.2, 0.25) is 0 Å². The summed E-state index contributed by atoms with van der Waals surface area (Å²) in [5.41, 5.74) is 3.00. The van der Waals surface area contributed by atoms with E-state index in [1.165, 1.54) is 5.56 Å². The molecule has 0 bridgehead atoms. The predicted molar refractivity (Wildman–Crippen MR) is 108 cm³/mol. The van der Waals surface area contributed by atoms with Crippen LogP contribution in [-0.4, -0.2) is 47.0 Å². The molecular weight excluding hydrogens is 392 g/mol. The summed E-state index contributed by atoms with van der Waals surface area (Å²) in [6, 6.07) is 7.55. The molecule has 2 aromatic rings. The number of hydrogen-bond acceptors (Lipinski definition) is 4. The van der Waals surface area contributed by atoms with Crippen LogP contribution in [0.1, 0.15) is 47.2 Å². The van der Waals surface area contributed by atoms with Gasteiger partial charge in [-0.1, -0.05) is 29.8 Å². The Morgan fingerprint density at radius 1 is 1.04 bits per heavy atom. The van der Waals surface area contributed by atoms with E-state index < -0.39 is 0 Å². The Balaban J connectivity index is 1.75. The molecule has 1 aromatic heterocycles. The van der Waals surface area contributed by atoms with Gasteiger partial charge >= 0.3 is 0 Å². The van der Waals surface area contributed by atoms with E-state index in [-0.39, 0.29) is 5.91 Å². The Bertz CT molecular complexity index is 796. The molecular formula is C20H25BrN4O. The number of rotatable bonds is 3. The van der Waals surface area contributed by atoms with Crippen molar-refractivity contribution in [3.8, 4) is 0 Å². The molecule has 0 spiro atoms. The lowest BCUT2D eigenvalue weighted by atomic mass is 10.0. The van der Waals surface area contributed by atoms with Gasteiger partial charge in [0.25, 0.3) is 5.91 Å². The molecule has 0 aliphatic carbocycles. The van der Waals surface area contributed by atoms with Crippen molar-refractivity contribution in [3.05, 3.63) is 51.4 Å². The number of halogens is 1. The second kappa shape index (κ2) is 7.74. The van der Waals surface area contributed by atoms with Gasteiger partial charge in [0.05, 0.1) is 0 Å². The molecule has 1 saturated heterocycles. The molecule has 0 unspecified atom stereocenters. The lowest BCUT2D eigenvalue weighted by Gasteiger charge is -2.37. The highest BCUT2D eigenvalue weighted by Gasteiger charge is 2.26. The van der Waals surface area contributed by atoms with Crippen molar-refractivity contribution in [2.24, 2.45) is 0 Å². The Kier molecular flexibility index (Phi) is 5.61. The molecule has 0 N–H and O–H groups in total. The number of piperazine rings is 1. The minimum absolute atomic E-state index is 0.0938. The maximum Gasteiger partial charge on any atom is 0.253 e. The Morgan fingerprint density at radius 3 is 2.23 bits per heavy atom. The van der Waals surface area contributed by atoms with Gasteiger partial charge in [0.1, 0.15) is 11.6 Å². The molecule has 0 saturated carbocycles. The van der Waals surface area contributed by atoms with E-state index >= 15 is 0 Å². The first-order chi connectivity index (χ1) is 12.4. The van der Waals surface area contributed by atoms with Crippen molar-refractivity contribution in [2.45, 2.75) is 33.6 Å². The van der Waals surface area contributed by atoms with Crippen LogP contribution >= 0.6 is 15.9 Å². The molecule has 5 nitrogen and oxygen atoms in total. The fourth-order valence-electron chi connectivity index (χ4n) is 3.52. The van der Waals surface area contributed by atoms with Gasteiger partial charge in [0.15, 0.2) is 0 Å². The molecule has 3 rings (SSSR count). The van der Waals surface area contributed by atoms with Crippen molar-refractivity contribution in [3.63, 3.8) is 0 Å². The highest BCUT2D eigenvalue weighted by Crippen LogP contribution is 2.29. The van der Waals surface area contributed by atoms with Crippen LogP contribution in [0.3, 0.4) is 0 Å². The Labute approximate surface area is 163 Å². The zero-order chi connectivity index (χ0) is 18.8. The lowest BCUT2D eigenvalue weighted by molar-refractivity contribution is 0.0746. The van der Waals surface area contributed by atoms with Gasteiger partial charge in [-0.15, -0.1) is 0 Å². The molecule has 1 aromatic carbocycles. The molecule has 2 heterocycles. The first kappa shape index (κ1) is 18.8. The van der Waals surface area contributed by atoms with Gasteiger partial charge < -0.3 is 9.80 Å². The summed E-state index contributed by atoms with van der Waals surface area (Å²) in [6.07, 6.45) is 0. The van der Waals surface area contributed by atoms with Gasteiger partial charge in [-0.3, -0.25) is 4.79 Å². The van der Waals surface area contributed by atoms with Crippen LogP contribution in [-0.2, 0) is 0 Å². The van der Waals surface area contributed by atoms with Crippen LogP contribution in [0.25, 0.3) is 0 Å². The van der Waals surface area contributed by atoms with Crippen molar-refractivity contribution in [2.75, 3.05) is 31.1 Å². The summed E-state index contributed by atoms with van der Waals surface area (Å²) >= 11 is 3.41. The largest absolute Gasteiger partial charge is 0.353 e. The normalized spacial score (nSPS) is 14.8. The molecule has 26 heavy (non-hydrogen) atoms. The van der Waals surface area contributed by atoms with E-state index in [1.807, 2.05) is 36.1 Å².